The zero-order valence-electron chi connectivity index (χ0n) is 10.2. The summed E-state index contributed by atoms with van der Waals surface area (Å²) in [5, 5.41) is 3.01. The van der Waals surface area contributed by atoms with E-state index in [-0.39, 0.29) is 5.91 Å². The van der Waals surface area contributed by atoms with E-state index < -0.39 is 0 Å². The highest BCUT2D eigenvalue weighted by molar-refractivity contribution is 6.17. The van der Waals surface area contributed by atoms with E-state index in [9.17, 15) is 4.79 Å². The average molecular weight is 247 g/mol. The van der Waals surface area contributed by atoms with Crippen molar-refractivity contribution in [3.05, 3.63) is 0 Å². The van der Waals surface area contributed by atoms with Crippen LogP contribution in [0.15, 0.2) is 0 Å². The van der Waals surface area contributed by atoms with Gasteiger partial charge in [-0.15, -0.1) is 11.6 Å². The molecule has 1 N–H and O–H groups in total. The monoisotopic (exact) mass is 246 g/mol. The Morgan fingerprint density at radius 1 is 1.56 bits per heavy atom. The van der Waals surface area contributed by atoms with E-state index in [0.29, 0.717) is 18.2 Å². The minimum absolute atomic E-state index is 0.147. The van der Waals surface area contributed by atoms with Crippen molar-refractivity contribution in [1.82, 2.24) is 10.2 Å². The lowest BCUT2D eigenvalue weighted by Crippen LogP contribution is -2.40. The predicted octanol–water partition coefficient (Wildman–Crippen LogP) is 1.85. The molecule has 0 saturated carbocycles. The zero-order valence-corrected chi connectivity index (χ0v) is 10.9. The number of halogens is 1. The van der Waals surface area contributed by atoms with Gasteiger partial charge in [-0.3, -0.25) is 4.79 Å². The summed E-state index contributed by atoms with van der Waals surface area (Å²) in [5.41, 5.74) is 0. The normalized spacial score (nSPS) is 22.0. The van der Waals surface area contributed by atoms with Gasteiger partial charge in [-0.2, -0.15) is 0 Å². The van der Waals surface area contributed by atoms with Crippen LogP contribution < -0.4 is 5.32 Å². The second-order valence-corrected chi connectivity index (χ2v) is 4.88. The van der Waals surface area contributed by atoms with Gasteiger partial charge in [0.05, 0.1) is 0 Å². The van der Waals surface area contributed by atoms with E-state index >= 15 is 0 Å². The first-order chi connectivity index (χ1) is 7.76. The van der Waals surface area contributed by atoms with Crippen molar-refractivity contribution in [2.24, 2.45) is 5.92 Å². The van der Waals surface area contributed by atoms with Crippen LogP contribution in [-0.2, 0) is 4.79 Å². The molecular formula is C12H23ClN2O. The molecule has 3 nitrogen and oxygen atoms in total. The van der Waals surface area contributed by atoms with Crippen LogP contribution in [0.5, 0.6) is 0 Å². The molecule has 4 heteroatoms. The zero-order chi connectivity index (χ0) is 11.8. The lowest BCUT2D eigenvalue weighted by Gasteiger charge is -2.31. The highest BCUT2D eigenvalue weighted by Crippen LogP contribution is 2.15. The SMILES string of the molecule is CCN1CCCC(CNC(=O)CCCCl)C1. The Kier molecular flexibility index (Phi) is 6.81. The van der Waals surface area contributed by atoms with Gasteiger partial charge in [0.15, 0.2) is 0 Å². The van der Waals surface area contributed by atoms with Crippen LogP contribution in [0.4, 0.5) is 0 Å². The number of amides is 1. The molecule has 1 aliphatic heterocycles. The third kappa shape index (κ3) is 5.17. The first-order valence-corrected chi connectivity index (χ1v) is 6.84. The molecule has 16 heavy (non-hydrogen) atoms. The second kappa shape index (κ2) is 7.91. The van der Waals surface area contributed by atoms with Crippen molar-refractivity contribution < 1.29 is 4.79 Å². The summed E-state index contributed by atoms with van der Waals surface area (Å²) in [6.07, 6.45) is 3.84. The number of nitrogens with zero attached hydrogens (tertiary/aromatic N) is 1. The Bertz CT molecular complexity index is 211. The number of carbonyl (C=O) groups is 1. The van der Waals surface area contributed by atoms with Crippen LogP contribution in [0.3, 0.4) is 0 Å². The minimum Gasteiger partial charge on any atom is -0.356 e. The van der Waals surface area contributed by atoms with Gasteiger partial charge < -0.3 is 10.2 Å². The summed E-state index contributed by atoms with van der Waals surface area (Å²) in [4.78, 5) is 13.9. The molecule has 1 unspecified atom stereocenters. The Morgan fingerprint density at radius 3 is 3.06 bits per heavy atom. The van der Waals surface area contributed by atoms with Crippen molar-refractivity contribution in [3.63, 3.8) is 0 Å². The molecule has 1 aliphatic rings. The topological polar surface area (TPSA) is 32.3 Å². The number of rotatable bonds is 6. The molecule has 0 aromatic rings. The Balaban J connectivity index is 2.14. The van der Waals surface area contributed by atoms with E-state index in [0.717, 1.165) is 26.1 Å². The fourth-order valence-electron chi connectivity index (χ4n) is 2.18. The maximum Gasteiger partial charge on any atom is 0.220 e. The first-order valence-electron chi connectivity index (χ1n) is 6.31. The molecule has 0 bridgehead atoms. The Hall–Kier alpha value is -0.280. The number of piperidine rings is 1. The molecule has 1 heterocycles. The van der Waals surface area contributed by atoms with Crippen LogP contribution >= 0.6 is 11.6 Å². The molecule has 1 atom stereocenters. The molecular weight excluding hydrogens is 224 g/mol. The highest BCUT2D eigenvalue weighted by atomic mass is 35.5. The molecule has 0 spiro atoms. The van der Waals surface area contributed by atoms with Crippen molar-refractivity contribution in [2.45, 2.75) is 32.6 Å². The third-order valence-electron chi connectivity index (χ3n) is 3.18. The maximum absolute atomic E-state index is 11.4. The van der Waals surface area contributed by atoms with Crippen molar-refractivity contribution in [2.75, 3.05) is 32.1 Å². The predicted molar refractivity (Wildman–Crippen MR) is 67.8 cm³/mol. The largest absolute Gasteiger partial charge is 0.356 e. The summed E-state index contributed by atoms with van der Waals surface area (Å²) in [6, 6.07) is 0. The molecule has 1 rings (SSSR count). The van der Waals surface area contributed by atoms with E-state index in [4.69, 9.17) is 11.6 Å². The fraction of sp³-hybridized carbons (Fsp3) is 0.917. The van der Waals surface area contributed by atoms with Crippen LogP contribution in [0.1, 0.15) is 32.6 Å². The average Bonchev–Trinajstić information content (AvgIpc) is 2.34. The summed E-state index contributed by atoms with van der Waals surface area (Å²) in [5.74, 6) is 1.35. The van der Waals surface area contributed by atoms with E-state index in [2.05, 4.69) is 17.1 Å². The third-order valence-corrected chi connectivity index (χ3v) is 3.44. The maximum atomic E-state index is 11.4. The summed E-state index contributed by atoms with van der Waals surface area (Å²) < 4.78 is 0. The number of alkyl halides is 1. The number of nitrogens with one attached hydrogen (secondary N) is 1. The number of carbonyl (C=O) groups excluding carboxylic acids is 1. The molecule has 94 valence electrons. The van der Waals surface area contributed by atoms with Gasteiger partial charge >= 0.3 is 0 Å². The van der Waals surface area contributed by atoms with Gasteiger partial charge in [-0.05, 0) is 38.3 Å². The molecule has 0 aliphatic carbocycles. The van der Waals surface area contributed by atoms with Crippen LogP contribution in [0.25, 0.3) is 0 Å². The van der Waals surface area contributed by atoms with E-state index in [1.807, 2.05) is 0 Å². The number of hydrogen-bond donors (Lipinski definition) is 1. The van der Waals surface area contributed by atoms with Crippen LogP contribution in [-0.4, -0.2) is 42.9 Å². The smallest absolute Gasteiger partial charge is 0.220 e. The summed E-state index contributed by atoms with van der Waals surface area (Å²) in [6.45, 7) is 6.50. The van der Waals surface area contributed by atoms with Crippen LogP contribution in [0.2, 0.25) is 0 Å². The van der Waals surface area contributed by atoms with Gasteiger partial charge in [0.25, 0.3) is 0 Å². The lowest BCUT2D eigenvalue weighted by molar-refractivity contribution is -0.121. The van der Waals surface area contributed by atoms with Crippen LogP contribution in [0, 0.1) is 5.92 Å². The minimum atomic E-state index is 0.147. The molecule has 0 aromatic heterocycles. The van der Waals surface area contributed by atoms with E-state index in [1.165, 1.54) is 19.4 Å². The van der Waals surface area contributed by atoms with Gasteiger partial charge in [0, 0.05) is 25.4 Å². The van der Waals surface area contributed by atoms with Gasteiger partial charge in [-0.1, -0.05) is 6.92 Å². The molecule has 1 amide bonds. The summed E-state index contributed by atoms with van der Waals surface area (Å²) >= 11 is 5.55. The molecule has 0 radical (unpaired) electrons. The quantitative estimate of drug-likeness (QED) is 0.726. The first kappa shape index (κ1) is 13.8. The van der Waals surface area contributed by atoms with Gasteiger partial charge in [0.1, 0.15) is 0 Å². The van der Waals surface area contributed by atoms with E-state index in [1.54, 1.807) is 0 Å². The Labute approximate surface area is 104 Å². The molecule has 1 fully saturated rings. The molecule has 0 aromatic carbocycles. The lowest BCUT2D eigenvalue weighted by atomic mass is 9.98. The summed E-state index contributed by atoms with van der Waals surface area (Å²) in [7, 11) is 0. The number of hydrogen-bond acceptors (Lipinski definition) is 2. The Morgan fingerprint density at radius 2 is 2.38 bits per heavy atom. The molecule has 1 saturated heterocycles. The fourth-order valence-corrected chi connectivity index (χ4v) is 2.31. The van der Waals surface area contributed by atoms with Crippen molar-refractivity contribution in [3.8, 4) is 0 Å². The van der Waals surface area contributed by atoms with Crippen molar-refractivity contribution in [1.29, 1.82) is 0 Å². The van der Waals surface area contributed by atoms with Crippen molar-refractivity contribution >= 4 is 17.5 Å². The highest BCUT2D eigenvalue weighted by Gasteiger charge is 2.18. The van der Waals surface area contributed by atoms with Gasteiger partial charge in [-0.25, -0.2) is 0 Å². The standard InChI is InChI=1S/C12H23ClN2O/c1-2-15-8-4-5-11(10-15)9-14-12(16)6-3-7-13/h11H,2-10H2,1H3,(H,14,16). The van der Waals surface area contributed by atoms with Gasteiger partial charge in [0.2, 0.25) is 5.91 Å². The number of likely N-dealkylation sites (tertiary alicyclic amines) is 1. The second-order valence-electron chi connectivity index (χ2n) is 4.50.